The lowest BCUT2D eigenvalue weighted by molar-refractivity contribution is -0.135. The predicted octanol–water partition coefficient (Wildman–Crippen LogP) is 2.22. The summed E-state index contributed by atoms with van der Waals surface area (Å²) in [6.45, 7) is 4.55. The monoisotopic (exact) mass is 361 g/mol. The lowest BCUT2D eigenvalue weighted by Crippen LogP contribution is -2.19. The number of methoxy groups -OCH3 is 1. The first-order chi connectivity index (χ1) is 12.0. The summed E-state index contributed by atoms with van der Waals surface area (Å²) in [5.41, 5.74) is 1.95. The van der Waals surface area contributed by atoms with Crippen LogP contribution in [0, 0.1) is 0 Å². The number of amides is 1. The van der Waals surface area contributed by atoms with Gasteiger partial charge in [-0.3, -0.25) is 10.1 Å². The molecule has 8 heteroatoms. The van der Waals surface area contributed by atoms with Crippen molar-refractivity contribution in [3.8, 4) is 0 Å². The number of hydrogen-bond acceptors (Lipinski definition) is 7. The predicted molar refractivity (Wildman–Crippen MR) is 97.2 cm³/mol. The van der Waals surface area contributed by atoms with E-state index in [1.54, 1.807) is 6.21 Å². The van der Waals surface area contributed by atoms with Crippen molar-refractivity contribution < 1.29 is 19.1 Å². The van der Waals surface area contributed by atoms with Crippen LogP contribution in [0.25, 0.3) is 0 Å². The Balaban J connectivity index is 1.94. The number of rotatable bonds is 6. The molecule has 7 nitrogen and oxygen atoms in total. The molecule has 0 aliphatic carbocycles. The molecule has 1 heterocycles. The molecular weight excluding hydrogens is 342 g/mol. The van der Waals surface area contributed by atoms with E-state index in [2.05, 4.69) is 20.3 Å². The largest absolute Gasteiger partial charge is 0.466 e. The molecule has 0 bridgehead atoms. The van der Waals surface area contributed by atoms with Crippen LogP contribution in [-0.2, 0) is 25.7 Å². The number of thioether (sulfide) groups is 1. The quantitative estimate of drug-likeness (QED) is 0.363. The van der Waals surface area contributed by atoms with Gasteiger partial charge in [0.1, 0.15) is 0 Å². The van der Waals surface area contributed by atoms with E-state index in [4.69, 9.17) is 4.74 Å². The molecule has 1 fully saturated rings. The van der Waals surface area contributed by atoms with Crippen LogP contribution in [-0.4, -0.2) is 36.5 Å². The summed E-state index contributed by atoms with van der Waals surface area (Å²) in [4.78, 5) is 23.0. The normalized spacial score (nSPS) is 17.7. The van der Waals surface area contributed by atoms with Gasteiger partial charge in [-0.25, -0.2) is 4.79 Å². The molecule has 0 unspecified atom stereocenters. The number of nitrogens with zero attached hydrogens (tertiary/aromatic N) is 2. The molecule has 1 aliphatic rings. The highest BCUT2D eigenvalue weighted by molar-refractivity contribution is 8.18. The number of ether oxygens (including phenoxy) is 2. The van der Waals surface area contributed by atoms with Gasteiger partial charge in [0.15, 0.2) is 5.17 Å². The topological polar surface area (TPSA) is 89.3 Å². The molecule has 1 aliphatic heterocycles. The molecule has 25 heavy (non-hydrogen) atoms. The van der Waals surface area contributed by atoms with Crippen molar-refractivity contribution in [2.45, 2.75) is 26.6 Å². The molecule has 1 amide bonds. The number of hydrogen-bond donors (Lipinski definition) is 1. The van der Waals surface area contributed by atoms with Crippen molar-refractivity contribution >= 4 is 35.0 Å². The average Bonchev–Trinajstić information content (AvgIpc) is 2.93. The summed E-state index contributed by atoms with van der Waals surface area (Å²) in [6, 6.07) is 7.73. The molecule has 0 saturated carbocycles. The van der Waals surface area contributed by atoms with Crippen molar-refractivity contribution in [2.75, 3.05) is 7.11 Å². The third-order valence-electron chi connectivity index (χ3n) is 3.02. The third kappa shape index (κ3) is 6.17. The van der Waals surface area contributed by atoms with Crippen LogP contribution in [0.3, 0.4) is 0 Å². The van der Waals surface area contributed by atoms with Gasteiger partial charge in [0.2, 0.25) is 0 Å². The van der Waals surface area contributed by atoms with Crippen LogP contribution in [0.15, 0.2) is 45.4 Å². The number of nitrogens with one attached hydrogen (secondary N) is 1. The van der Waals surface area contributed by atoms with E-state index >= 15 is 0 Å². The number of amidine groups is 1. The molecule has 0 aromatic heterocycles. The van der Waals surface area contributed by atoms with Gasteiger partial charge in [0, 0.05) is 6.08 Å². The Labute approximate surface area is 150 Å². The van der Waals surface area contributed by atoms with E-state index in [1.165, 1.54) is 7.11 Å². The zero-order chi connectivity index (χ0) is 18.2. The Kier molecular flexibility index (Phi) is 6.91. The molecule has 1 aromatic carbocycles. The summed E-state index contributed by atoms with van der Waals surface area (Å²) >= 11 is 1.03. The lowest BCUT2D eigenvalue weighted by atomic mass is 10.1. The van der Waals surface area contributed by atoms with Crippen LogP contribution in [0.2, 0.25) is 0 Å². The molecule has 132 valence electrons. The fraction of sp³-hybridized carbons (Fsp3) is 0.294. The van der Waals surface area contributed by atoms with Gasteiger partial charge in [-0.2, -0.15) is 5.10 Å². The maximum Gasteiger partial charge on any atom is 0.331 e. The second-order valence-corrected chi connectivity index (χ2v) is 6.37. The smallest absolute Gasteiger partial charge is 0.331 e. The van der Waals surface area contributed by atoms with Crippen molar-refractivity contribution in [3.05, 3.63) is 46.4 Å². The highest BCUT2D eigenvalue weighted by Gasteiger charge is 2.24. The maximum atomic E-state index is 11.7. The molecule has 0 atom stereocenters. The minimum atomic E-state index is -0.594. The van der Waals surface area contributed by atoms with Crippen LogP contribution in [0.4, 0.5) is 0 Å². The van der Waals surface area contributed by atoms with E-state index in [0.717, 1.165) is 29.0 Å². The summed E-state index contributed by atoms with van der Waals surface area (Å²) in [6.07, 6.45) is 2.88. The molecule has 1 saturated heterocycles. The van der Waals surface area contributed by atoms with Crippen molar-refractivity contribution in [2.24, 2.45) is 10.2 Å². The van der Waals surface area contributed by atoms with Gasteiger partial charge < -0.3 is 9.47 Å². The Bertz CT molecular complexity index is 724. The van der Waals surface area contributed by atoms with E-state index in [9.17, 15) is 9.59 Å². The molecule has 1 aromatic rings. The van der Waals surface area contributed by atoms with E-state index < -0.39 is 11.9 Å². The second-order valence-electron chi connectivity index (χ2n) is 5.34. The number of esters is 1. The van der Waals surface area contributed by atoms with Gasteiger partial charge in [-0.15, -0.1) is 5.10 Å². The highest BCUT2D eigenvalue weighted by Crippen LogP contribution is 2.23. The van der Waals surface area contributed by atoms with E-state index in [0.29, 0.717) is 11.8 Å². The summed E-state index contributed by atoms with van der Waals surface area (Å²) < 4.78 is 10.0. The van der Waals surface area contributed by atoms with Crippen molar-refractivity contribution in [1.29, 1.82) is 0 Å². The first kappa shape index (κ1) is 18.9. The fourth-order valence-corrected chi connectivity index (χ4v) is 2.49. The number of carbonyl (C=O) groups is 2. The molecule has 0 spiro atoms. The number of carbonyl (C=O) groups excluding carboxylic acids is 2. The zero-order valence-corrected chi connectivity index (χ0v) is 15.0. The minimum absolute atomic E-state index is 0.189. The summed E-state index contributed by atoms with van der Waals surface area (Å²) in [7, 11) is 1.25. The second kappa shape index (κ2) is 9.14. The van der Waals surface area contributed by atoms with Crippen molar-refractivity contribution in [1.82, 2.24) is 5.32 Å². The standard InChI is InChI=1S/C17H19N3O4S/c1-11(2)24-10-13-6-4-12(5-7-13)9-18-20-17-19-16(22)14(25-17)8-15(21)23-3/h4-9,11H,10H2,1-3H3,(H,19,20,22)/b14-8+,18-9?. The van der Waals surface area contributed by atoms with Crippen LogP contribution >= 0.6 is 11.8 Å². The maximum absolute atomic E-state index is 11.7. The first-order valence-electron chi connectivity index (χ1n) is 7.58. The minimum Gasteiger partial charge on any atom is -0.466 e. The van der Waals surface area contributed by atoms with Gasteiger partial charge in [-0.05, 0) is 36.7 Å². The van der Waals surface area contributed by atoms with Crippen molar-refractivity contribution in [3.63, 3.8) is 0 Å². The Morgan fingerprint density at radius 1 is 1.32 bits per heavy atom. The summed E-state index contributed by atoms with van der Waals surface area (Å²) in [5, 5.41) is 10.7. The fourth-order valence-electron chi connectivity index (χ4n) is 1.75. The van der Waals surface area contributed by atoms with Gasteiger partial charge >= 0.3 is 5.97 Å². The molecular formula is C17H19N3O4S. The highest BCUT2D eigenvalue weighted by atomic mass is 32.2. The zero-order valence-electron chi connectivity index (χ0n) is 14.2. The van der Waals surface area contributed by atoms with Crippen LogP contribution < -0.4 is 5.32 Å². The van der Waals surface area contributed by atoms with Gasteiger partial charge in [-0.1, -0.05) is 24.3 Å². The lowest BCUT2D eigenvalue weighted by Gasteiger charge is -2.07. The van der Waals surface area contributed by atoms with Crippen LogP contribution in [0.5, 0.6) is 0 Å². The molecule has 0 radical (unpaired) electrons. The average molecular weight is 361 g/mol. The Morgan fingerprint density at radius 3 is 2.68 bits per heavy atom. The Hall–Kier alpha value is -2.45. The Morgan fingerprint density at radius 2 is 2.04 bits per heavy atom. The van der Waals surface area contributed by atoms with E-state index in [-0.39, 0.29) is 11.0 Å². The van der Waals surface area contributed by atoms with E-state index in [1.807, 2.05) is 38.1 Å². The van der Waals surface area contributed by atoms with Gasteiger partial charge in [0.05, 0.1) is 30.9 Å². The summed E-state index contributed by atoms with van der Waals surface area (Å²) in [5.74, 6) is -0.997. The van der Waals surface area contributed by atoms with Crippen LogP contribution in [0.1, 0.15) is 25.0 Å². The number of benzene rings is 1. The molecule has 2 rings (SSSR count). The SMILES string of the molecule is COC(=O)/C=C1/S/C(=N\N=Cc2ccc(COC(C)C)cc2)NC1=O. The first-order valence-corrected chi connectivity index (χ1v) is 8.40. The third-order valence-corrected chi connectivity index (χ3v) is 3.92. The van der Waals surface area contributed by atoms with Gasteiger partial charge in [0.25, 0.3) is 5.91 Å². The molecule has 1 N–H and O–H groups in total.